The Morgan fingerprint density at radius 1 is 1.42 bits per heavy atom. The van der Waals surface area contributed by atoms with Gasteiger partial charge in [-0.3, -0.25) is 4.57 Å². The first kappa shape index (κ1) is 14.1. The third kappa shape index (κ3) is 2.98. The summed E-state index contributed by atoms with van der Waals surface area (Å²) in [6.45, 7) is 1.96. The summed E-state index contributed by atoms with van der Waals surface area (Å²) in [5.41, 5.74) is 0.586. The van der Waals surface area contributed by atoms with Gasteiger partial charge in [0.25, 0.3) is 0 Å². The molecule has 0 saturated heterocycles. The lowest BCUT2D eigenvalue weighted by atomic mass is 10.2. The van der Waals surface area contributed by atoms with Crippen molar-refractivity contribution in [3.63, 3.8) is 0 Å². The molecule has 2 aromatic rings. The molecule has 0 aliphatic carbocycles. The number of fused-ring (bicyclic) bond motifs is 1. The molecule has 0 spiro atoms. The zero-order chi connectivity index (χ0) is 13.9. The highest BCUT2D eigenvalue weighted by atomic mass is 31.2. The number of aliphatic hydroxyl groups is 1. The predicted octanol–water partition coefficient (Wildman–Crippen LogP) is 0.362. The van der Waals surface area contributed by atoms with Crippen molar-refractivity contribution in [1.29, 1.82) is 0 Å². The average Bonchev–Trinajstić information content (AvgIpc) is 2.38. The fourth-order valence-corrected chi connectivity index (χ4v) is 3.10. The lowest BCUT2D eigenvalue weighted by Gasteiger charge is -2.11. The van der Waals surface area contributed by atoms with E-state index >= 15 is 0 Å². The molecule has 1 unspecified atom stereocenters. The van der Waals surface area contributed by atoms with E-state index in [1.54, 1.807) is 31.2 Å². The quantitative estimate of drug-likeness (QED) is 0.611. The standard InChI is InChI=1S/C12H15N2O4P/c1-2-18-19(16,17)12-9-14(7-8-15)13-11-6-4-3-5-10(11)12/h3-6,9,15H,2,7-8H2,1H3/p+1. The number of aliphatic hydroxyl groups excluding tert-OH is 1. The van der Waals surface area contributed by atoms with Crippen molar-refractivity contribution in [3.05, 3.63) is 30.5 Å². The van der Waals surface area contributed by atoms with E-state index in [1.165, 1.54) is 10.9 Å². The van der Waals surface area contributed by atoms with Gasteiger partial charge in [0.2, 0.25) is 6.20 Å². The van der Waals surface area contributed by atoms with Gasteiger partial charge in [-0.05, 0) is 13.0 Å². The van der Waals surface area contributed by atoms with Crippen LogP contribution in [-0.4, -0.2) is 28.3 Å². The second-order valence-corrected chi connectivity index (χ2v) is 5.74. The normalized spacial score (nSPS) is 14.5. The number of nitrogens with zero attached hydrogens (tertiary/aromatic N) is 2. The summed E-state index contributed by atoms with van der Waals surface area (Å²) in [5.74, 6) is 0. The predicted molar refractivity (Wildman–Crippen MR) is 70.1 cm³/mol. The van der Waals surface area contributed by atoms with Crippen LogP contribution in [0.15, 0.2) is 30.5 Å². The maximum atomic E-state index is 12.2. The maximum Gasteiger partial charge on any atom is 0.365 e. The van der Waals surface area contributed by atoms with Crippen molar-refractivity contribution in [3.8, 4) is 0 Å². The van der Waals surface area contributed by atoms with Crippen molar-refractivity contribution >= 4 is 23.8 Å². The molecule has 2 rings (SSSR count). The van der Waals surface area contributed by atoms with Crippen molar-refractivity contribution in [2.75, 3.05) is 13.2 Å². The van der Waals surface area contributed by atoms with Gasteiger partial charge < -0.3 is 14.5 Å². The fourth-order valence-electron chi connectivity index (χ4n) is 1.84. The Morgan fingerprint density at radius 2 is 2.16 bits per heavy atom. The second kappa shape index (κ2) is 5.75. The van der Waals surface area contributed by atoms with Gasteiger partial charge in [0.1, 0.15) is 17.4 Å². The van der Waals surface area contributed by atoms with Crippen LogP contribution in [0.1, 0.15) is 6.92 Å². The third-order valence-electron chi connectivity index (χ3n) is 2.63. The van der Waals surface area contributed by atoms with E-state index in [0.29, 0.717) is 10.9 Å². The molecule has 19 heavy (non-hydrogen) atoms. The zero-order valence-corrected chi connectivity index (χ0v) is 11.5. The topological polar surface area (TPSA) is 83.5 Å². The first-order valence-electron chi connectivity index (χ1n) is 5.96. The van der Waals surface area contributed by atoms with Crippen LogP contribution in [0, 0.1) is 0 Å². The minimum atomic E-state index is -3.88. The molecular weight excluding hydrogens is 267 g/mol. The van der Waals surface area contributed by atoms with Crippen LogP contribution in [0.3, 0.4) is 0 Å². The molecule has 1 aromatic heterocycles. The van der Waals surface area contributed by atoms with Gasteiger partial charge in [-0.1, -0.05) is 22.9 Å². The molecule has 0 saturated carbocycles. The van der Waals surface area contributed by atoms with E-state index in [4.69, 9.17) is 9.63 Å². The number of benzene rings is 1. The van der Waals surface area contributed by atoms with Gasteiger partial charge >= 0.3 is 7.60 Å². The highest BCUT2D eigenvalue weighted by Gasteiger charge is 2.29. The molecular formula is C12H16N2O4P+. The lowest BCUT2D eigenvalue weighted by Crippen LogP contribution is -2.42. The molecule has 0 bridgehead atoms. The van der Waals surface area contributed by atoms with Crippen molar-refractivity contribution in [1.82, 2.24) is 5.10 Å². The monoisotopic (exact) mass is 283 g/mol. The fraction of sp³-hybridized carbons (Fsp3) is 0.333. The zero-order valence-electron chi connectivity index (χ0n) is 10.6. The van der Waals surface area contributed by atoms with Crippen molar-refractivity contribution in [2.45, 2.75) is 13.5 Å². The molecule has 1 aromatic carbocycles. The van der Waals surface area contributed by atoms with Crippen molar-refractivity contribution < 1.29 is 23.8 Å². The molecule has 0 aliphatic heterocycles. The molecule has 102 valence electrons. The average molecular weight is 283 g/mol. The summed E-state index contributed by atoms with van der Waals surface area (Å²) in [6, 6.07) is 7.04. The Kier molecular flexibility index (Phi) is 4.27. The summed E-state index contributed by atoms with van der Waals surface area (Å²) in [5, 5.41) is 14.0. The van der Waals surface area contributed by atoms with Crippen LogP contribution in [0.5, 0.6) is 0 Å². The lowest BCUT2D eigenvalue weighted by molar-refractivity contribution is -0.751. The van der Waals surface area contributed by atoms with Crippen LogP contribution >= 0.6 is 7.60 Å². The second-order valence-electron chi connectivity index (χ2n) is 3.96. The van der Waals surface area contributed by atoms with E-state index in [2.05, 4.69) is 5.10 Å². The number of aromatic nitrogens is 2. The van der Waals surface area contributed by atoms with E-state index in [0.717, 1.165) is 0 Å². The summed E-state index contributed by atoms with van der Waals surface area (Å²) < 4.78 is 18.6. The minimum Gasteiger partial charge on any atom is -0.390 e. The van der Waals surface area contributed by atoms with Crippen LogP contribution < -0.4 is 9.99 Å². The third-order valence-corrected chi connectivity index (χ3v) is 4.20. The first-order chi connectivity index (χ1) is 9.08. The van der Waals surface area contributed by atoms with Gasteiger partial charge in [0.15, 0.2) is 6.54 Å². The Labute approximate surface area is 110 Å². The Morgan fingerprint density at radius 3 is 2.84 bits per heavy atom. The summed E-state index contributed by atoms with van der Waals surface area (Å²) in [6.07, 6.45) is 1.45. The SMILES string of the molecule is CCOP(=O)(O)c1c[n+](CCO)nc2ccccc12. The Balaban J connectivity index is 2.66. The largest absolute Gasteiger partial charge is 0.390 e. The Hall–Kier alpha value is -1.33. The molecule has 2 N–H and O–H groups in total. The number of rotatable bonds is 5. The van der Waals surface area contributed by atoms with Crippen LogP contribution in [0.25, 0.3) is 10.9 Å². The van der Waals surface area contributed by atoms with Gasteiger partial charge in [-0.25, -0.2) is 0 Å². The first-order valence-corrected chi connectivity index (χ1v) is 7.54. The smallest absolute Gasteiger partial charge is 0.365 e. The highest BCUT2D eigenvalue weighted by molar-refractivity contribution is 7.61. The number of hydrogen-bond donors (Lipinski definition) is 2. The van der Waals surface area contributed by atoms with E-state index in [9.17, 15) is 9.46 Å². The molecule has 0 aliphatic rings. The van der Waals surface area contributed by atoms with Crippen LogP contribution in [0.2, 0.25) is 0 Å². The molecule has 6 nitrogen and oxygen atoms in total. The van der Waals surface area contributed by atoms with Gasteiger partial charge in [0.05, 0.1) is 6.61 Å². The van der Waals surface area contributed by atoms with Gasteiger partial charge in [0, 0.05) is 10.5 Å². The summed E-state index contributed by atoms with van der Waals surface area (Å²) in [7, 11) is -3.88. The number of hydrogen-bond acceptors (Lipinski definition) is 4. The van der Waals surface area contributed by atoms with Crippen molar-refractivity contribution in [2.24, 2.45) is 0 Å². The molecule has 1 heterocycles. The van der Waals surface area contributed by atoms with Crippen LogP contribution in [-0.2, 0) is 15.6 Å². The summed E-state index contributed by atoms with van der Waals surface area (Å²) in [4.78, 5) is 10.0. The van der Waals surface area contributed by atoms with E-state index < -0.39 is 7.60 Å². The molecule has 7 heteroatoms. The molecule has 0 fully saturated rings. The molecule has 0 radical (unpaired) electrons. The molecule has 0 amide bonds. The van der Waals surface area contributed by atoms with E-state index in [-0.39, 0.29) is 25.1 Å². The van der Waals surface area contributed by atoms with Gasteiger partial charge in [-0.15, -0.1) is 0 Å². The molecule has 1 atom stereocenters. The maximum absolute atomic E-state index is 12.2. The summed E-state index contributed by atoms with van der Waals surface area (Å²) >= 11 is 0. The Bertz CT molecular complexity index is 632. The highest BCUT2D eigenvalue weighted by Crippen LogP contribution is 2.41. The van der Waals surface area contributed by atoms with E-state index in [1.807, 2.05) is 0 Å². The minimum absolute atomic E-state index is 0.0974. The van der Waals surface area contributed by atoms with Gasteiger partial charge in [-0.2, -0.15) is 0 Å². The van der Waals surface area contributed by atoms with Crippen LogP contribution in [0.4, 0.5) is 0 Å².